The van der Waals surface area contributed by atoms with Gasteiger partial charge in [0.15, 0.2) is 23.4 Å². The van der Waals surface area contributed by atoms with Gasteiger partial charge in [-0.15, -0.1) is 6.58 Å². The van der Waals surface area contributed by atoms with E-state index in [1.165, 1.54) is 0 Å². The summed E-state index contributed by atoms with van der Waals surface area (Å²) in [5, 5.41) is 22.1. The summed E-state index contributed by atoms with van der Waals surface area (Å²) in [4.78, 5) is 14.9. The van der Waals surface area contributed by atoms with Crippen LogP contribution in [0.3, 0.4) is 0 Å². The molecule has 1 aromatic rings. The van der Waals surface area contributed by atoms with Crippen LogP contribution in [0.2, 0.25) is 0 Å². The number of hydrogen-bond acceptors (Lipinski definition) is 5. The molecule has 2 bridgehead atoms. The number of phenols is 1. The van der Waals surface area contributed by atoms with Gasteiger partial charge in [-0.3, -0.25) is 9.69 Å². The summed E-state index contributed by atoms with van der Waals surface area (Å²) in [5.41, 5.74) is 0.256. The number of piperidine rings is 1. The van der Waals surface area contributed by atoms with Gasteiger partial charge in [0.2, 0.25) is 0 Å². The van der Waals surface area contributed by atoms with Gasteiger partial charge in [0.05, 0.1) is 11.0 Å². The van der Waals surface area contributed by atoms with Crippen LogP contribution in [0.25, 0.3) is 0 Å². The van der Waals surface area contributed by atoms with Crippen molar-refractivity contribution in [2.45, 2.75) is 48.8 Å². The monoisotopic (exact) mass is 362 g/mol. The molecule has 4 atom stereocenters. The van der Waals surface area contributed by atoms with Crippen molar-refractivity contribution in [2.24, 2.45) is 0 Å². The lowest BCUT2D eigenvalue weighted by Crippen LogP contribution is -3.00. The molecule has 25 heavy (non-hydrogen) atoms. The van der Waals surface area contributed by atoms with Gasteiger partial charge in [0.25, 0.3) is 0 Å². The molecule has 0 aromatic heterocycles. The van der Waals surface area contributed by atoms with Crippen molar-refractivity contribution in [3.63, 3.8) is 0 Å². The summed E-state index contributed by atoms with van der Waals surface area (Å²) in [6.45, 7) is 5.36. The van der Waals surface area contributed by atoms with E-state index in [4.69, 9.17) is 4.74 Å². The number of carbonyl (C=O) groups is 1. The molecule has 1 saturated carbocycles. The zero-order valence-corrected chi connectivity index (χ0v) is 14.6. The van der Waals surface area contributed by atoms with Crippen molar-refractivity contribution >= 4 is 5.78 Å². The Kier molecular flexibility index (Phi) is 3.53. The van der Waals surface area contributed by atoms with Gasteiger partial charge >= 0.3 is 0 Å². The van der Waals surface area contributed by atoms with Crippen LogP contribution in [0.4, 0.5) is 0 Å². The second-order valence-electron chi connectivity index (χ2n) is 7.56. The van der Waals surface area contributed by atoms with E-state index < -0.39 is 17.1 Å². The maximum atomic E-state index is 12.6. The Morgan fingerprint density at radius 2 is 2.20 bits per heavy atom. The van der Waals surface area contributed by atoms with Crippen LogP contribution >= 0.6 is 0 Å². The lowest BCUT2D eigenvalue weighted by atomic mass is 9.49. The fourth-order valence-corrected chi connectivity index (χ4v) is 5.80. The van der Waals surface area contributed by atoms with Gasteiger partial charge in [-0.1, -0.05) is 12.1 Å². The average molecular weight is 363 g/mol. The van der Waals surface area contributed by atoms with Gasteiger partial charge in [0, 0.05) is 31.1 Å². The molecule has 0 amide bonds. The second kappa shape index (κ2) is 5.22. The van der Waals surface area contributed by atoms with Crippen LogP contribution in [0.15, 0.2) is 24.8 Å². The molecular weight excluding hydrogens is 342 g/mol. The van der Waals surface area contributed by atoms with Crippen molar-refractivity contribution in [3.8, 4) is 11.5 Å². The smallest absolute Gasteiger partial charge is 0.174 e. The Hall–Kier alpha value is -1.56. The molecule has 1 saturated heterocycles. The van der Waals surface area contributed by atoms with Crippen LogP contribution in [-0.2, 0) is 16.6 Å². The zero-order chi connectivity index (χ0) is 16.7. The normalized spacial score (nSPS) is 37.7. The SMILES string of the molecule is C=CCN1CC[C@]23c4c5ccc(O)c4O[C@H]2C(=O)CC[C@@]3(O)[C@H]1C5.[Cl-]. The van der Waals surface area contributed by atoms with Gasteiger partial charge in [-0.05, 0) is 30.9 Å². The third-order valence-corrected chi connectivity index (χ3v) is 6.73. The third-order valence-electron chi connectivity index (χ3n) is 6.73. The molecule has 2 heterocycles. The number of likely N-dealkylation sites (tertiary alicyclic amines) is 1. The number of carbonyl (C=O) groups excluding carboxylic acids is 1. The van der Waals surface area contributed by atoms with Crippen LogP contribution in [-0.4, -0.2) is 51.7 Å². The minimum atomic E-state index is -1.00. The summed E-state index contributed by atoms with van der Waals surface area (Å²) in [6.07, 6.45) is 3.35. The Bertz CT molecular complexity index is 781. The van der Waals surface area contributed by atoms with E-state index in [1.807, 2.05) is 12.1 Å². The fourth-order valence-electron chi connectivity index (χ4n) is 5.80. The van der Waals surface area contributed by atoms with E-state index in [0.29, 0.717) is 31.4 Å². The number of aromatic hydroxyl groups is 1. The van der Waals surface area contributed by atoms with E-state index in [9.17, 15) is 15.0 Å². The number of ketones is 1. The molecule has 5 rings (SSSR count). The van der Waals surface area contributed by atoms with Gasteiger partial charge < -0.3 is 27.4 Å². The van der Waals surface area contributed by atoms with Crippen LogP contribution in [0.5, 0.6) is 11.5 Å². The molecule has 2 fully saturated rings. The fraction of sp³-hybridized carbons (Fsp3) is 0.526. The van der Waals surface area contributed by atoms with Crippen molar-refractivity contribution in [3.05, 3.63) is 35.9 Å². The molecule has 2 aliphatic carbocycles. The van der Waals surface area contributed by atoms with Crippen LogP contribution in [0, 0.1) is 0 Å². The molecule has 2 aliphatic heterocycles. The molecule has 1 spiro atoms. The number of halogens is 1. The lowest BCUT2D eigenvalue weighted by Gasteiger charge is -2.62. The second-order valence-corrected chi connectivity index (χ2v) is 7.56. The molecule has 4 aliphatic rings. The van der Waals surface area contributed by atoms with Crippen molar-refractivity contribution in [1.29, 1.82) is 0 Å². The predicted molar refractivity (Wildman–Crippen MR) is 87.3 cm³/mol. The number of aliphatic hydroxyl groups is 1. The first kappa shape index (κ1) is 16.9. The Balaban J connectivity index is 0.00000157. The third kappa shape index (κ3) is 1.74. The molecule has 6 heteroatoms. The minimum Gasteiger partial charge on any atom is -1.00 e. The highest BCUT2D eigenvalue weighted by Gasteiger charge is 2.72. The zero-order valence-electron chi connectivity index (χ0n) is 13.9. The highest BCUT2D eigenvalue weighted by Crippen LogP contribution is 2.64. The molecule has 0 radical (unpaired) electrons. The number of nitrogens with zero attached hydrogens (tertiary/aromatic N) is 1. The summed E-state index contributed by atoms with van der Waals surface area (Å²) in [6, 6.07) is 3.52. The Morgan fingerprint density at radius 3 is 2.96 bits per heavy atom. The quantitative estimate of drug-likeness (QED) is 0.614. The molecule has 134 valence electrons. The topological polar surface area (TPSA) is 70.0 Å². The number of phenolic OH excluding ortho intramolecular Hbond substituents is 1. The minimum absolute atomic E-state index is 0. The van der Waals surface area contributed by atoms with Crippen molar-refractivity contribution < 1.29 is 32.2 Å². The van der Waals surface area contributed by atoms with Crippen molar-refractivity contribution in [2.75, 3.05) is 13.1 Å². The molecular formula is C19H21ClNO4-. The standard InChI is InChI=1S/C19H21NO4.ClH/c1-2-8-20-9-7-18-15-11-3-4-12(21)16(15)24-17(18)13(22)5-6-19(18,23)14(20)10-11;/h2-4,14,17,21,23H,1,5-10H2;1H/p-1/t14-,17+,18+,19-;/m1./s1. The van der Waals surface area contributed by atoms with Gasteiger partial charge in [0.1, 0.15) is 0 Å². The predicted octanol–water partition coefficient (Wildman–Crippen LogP) is -1.69. The van der Waals surface area contributed by atoms with Crippen LogP contribution in [0.1, 0.15) is 30.4 Å². The lowest BCUT2D eigenvalue weighted by molar-refractivity contribution is -0.187. The summed E-state index contributed by atoms with van der Waals surface area (Å²) >= 11 is 0. The average Bonchev–Trinajstić information content (AvgIpc) is 2.91. The summed E-state index contributed by atoms with van der Waals surface area (Å²) < 4.78 is 5.98. The number of Topliss-reactive ketones (excluding diaryl/α,β-unsaturated/α-hetero) is 1. The summed E-state index contributed by atoms with van der Waals surface area (Å²) in [7, 11) is 0. The van der Waals surface area contributed by atoms with Gasteiger partial charge in [-0.25, -0.2) is 0 Å². The number of ether oxygens (including phenoxy) is 1. The number of rotatable bonds is 2. The van der Waals surface area contributed by atoms with Crippen molar-refractivity contribution in [1.82, 2.24) is 4.90 Å². The molecule has 0 unspecified atom stereocenters. The van der Waals surface area contributed by atoms with E-state index in [0.717, 1.165) is 24.2 Å². The highest BCUT2D eigenvalue weighted by molar-refractivity contribution is 5.90. The Morgan fingerprint density at radius 1 is 1.40 bits per heavy atom. The first-order chi connectivity index (χ1) is 11.5. The Labute approximate surface area is 152 Å². The largest absolute Gasteiger partial charge is 1.00 e. The maximum Gasteiger partial charge on any atom is 0.174 e. The first-order valence-corrected chi connectivity index (χ1v) is 8.65. The number of benzene rings is 1. The number of hydrogen-bond donors (Lipinski definition) is 2. The van der Waals surface area contributed by atoms with E-state index in [-0.39, 0.29) is 30.0 Å². The van der Waals surface area contributed by atoms with E-state index >= 15 is 0 Å². The maximum absolute atomic E-state index is 12.6. The van der Waals surface area contributed by atoms with E-state index in [2.05, 4.69) is 11.5 Å². The van der Waals surface area contributed by atoms with Gasteiger partial charge in [-0.2, -0.15) is 0 Å². The van der Waals surface area contributed by atoms with E-state index in [1.54, 1.807) is 6.07 Å². The molecule has 5 nitrogen and oxygen atoms in total. The first-order valence-electron chi connectivity index (χ1n) is 8.65. The molecule has 2 N–H and O–H groups in total. The highest BCUT2D eigenvalue weighted by atomic mass is 35.5. The molecule has 1 aromatic carbocycles. The van der Waals surface area contributed by atoms with Crippen LogP contribution < -0.4 is 17.1 Å². The summed E-state index contributed by atoms with van der Waals surface area (Å²) in [5.74, 6) is 0.528.